The molecule has 1 rings (SSSR count). The van der Waals surface area contributed by atoms with Gasteiger partial charge in [-0.1, -0.05) is 19.0 Å². The Morgan fingerprint density at radius 1 is 1.30 bits per heavy atom. The fourth-order valence-electron chi connectivity index (χ4n) is 1.46. The van der Waals surface area contributed by atoms with Crippen LogP contribution in [0.25, 0.3) is 0 Å². The van der Waals surface area contributed by atoms with Gasteiger partial charge in [-0.15, -0.1) is 0 Å². The third-order valence-electron chi connectivity index (χ3n) is 2.34. The standard InChI is InChI=1S/C13H21N3O4/c1-7(2)9(12(18)19-13(4,5)6)15-11(17)10-14-8(3)20-16-10/h7,9H,1-6H3,(H,15,17)/t9-/m0/s1. The largest absolute Gasteiger partial charge is 0.458 e. The molecule has 1 aromatic rings. The summed E-state index contributed by atoms with van der Waals surface area (Å²) in [6.07, 6.45) is 0. The summed E-state index contributed by atoms with van der Waals surface area (Å²) in [4.78, 5) is 27.8. The number of nitrogens with zero attached hydrogens (tertiary/aromatic N) is 2. The molecular weight excluding hydrogens is 262 g/mol. The number of aryl methyl sites for hydroxylation is 1. The van der Waals surface area contributed by atoms with Crippen LogP contribution in [0.3, 0.4) is 0 Å². The molecule has 7 nitrogen and oxygen atoms in total. The molecule has 0 saturated carbocycles. The fraction of sp³-hybridized carbons (Fsp3) is 0.692. The molecule has 0 aliphatic rings. The highest BCUT2D eigenvalue weighted by molar-refractivity contribution is 5.93. The van der Waals surface area contributed by atoms with Gasteiger partial charge in [-0.25, -0.2) is 4.79 Å². The fourth-order valence-corrected chi connectivity index (χ4v) is 1.46. The molecule has 112 valence electrons. The van der Waals surface area contributed by atoms with Crippen LogP contribution in [0.15, 0.2) is 4.52 Å². The Labute approximate surface area is 118 Å². The van der Waals surface area contributed by atoms with E-state index in [2.05, 4.69) is 15.5 Å². The third kappa shape index (κ3) is 4.64. The number of ether oxygens (including phenoxy) is 1. The van der Waals surface area contributed by atoms with Gasteiger partial charge in [-0.3, -0.25) is 4.79 Å². The van der Waals surface area contributed by atoms with Crippen LogP contribution < -0.4 is 5.32 Å². The number of nitrogens with one attached hydrogen (secondary N) is 1. The highest BCUT2D eigenvalue weighted by Gasteiger charge is 2.30. The SMILES string of the molecule is Cc1nc(C(=O)N[C@H](C(=O)OC(C)(C)C)C(C)C)no1. The summed E-state index contributed by atoms with van der Waals surface area (Å²) in [5, 5.41) is 6.08. The second-order valence-electron chi connectivity index (χ2n) is 5.87. The highest BCUT2D eigenvalue weighted by atomic mass is 16.6. The Hall–Kier alpha value is -1.92. The molecule has 0 aromatic carbocycles. The minimum Gasteiger partial charge on any atom is -0.458 e. The van der Waals surface area contributed by atoms with E-state index < -0.39 is 23.5 Å². The lowest BCUT2D eigenvalue weighted by Gasteiger charge is -2.26. The molecule has 0 radical (unpaired) electrons. The lowest BCUT2D eigenvalue weighted by Crippen LogP contribution is -2.47. The van der Waals surface area contributed by atoms with Crippen molar-refractivity contribution in [1.82, 2.24) is 15.5 Å². The summed E-state index contributed by atoms with van der Waals surface area (Å²) in [5.41, 5.74) is -0.613. The van der Waals surface area contributed by atoms with Crippen molar-refractivity contribution in [3.05, 3.63) is 11.7 Å². The number of aromatic nitrogens is 2. The van der Waals surface area contributed by atoms with Crippen molar-refractivity contribution in [3.8, 4) is 0 Å². The second-order valence-corrected chi connectivity index (χ2v) is 5.87. The zero-order valence-electron chi connectivity index (χ0n) is 12.7. The van der Waals surface area contributed by atoms with E-state index in [9.17, 15) is 9.59 Å². The van der Waals surface area contributed by atoms with Gasteiger partial charge in [0, 0.05) is 6.92 Å². The molecule has 1 aromatic heterocycles. The normalized spacial score (nSPS) is 13.2. The first-order chi connectivity index (χ1) is 9.10. The van der Waals surface area contributed by atoms with Gasteiger partial charge in [-0.2, -0.15) is 4.98 Å². The van der Waals surface area contributed by atoms with Gasteiger partial charge < -0.3 is 14.6 Å². The summed E-state index contributed by atoms with van der Waals surface area (Å²) >= 11 is 0. The van der Waals surface area contributed by atoms with E-state index in [0.29, 0.717) is 0 Å². The first-order valence-electron chi connectivity index (χ1n) is 6.44. The van der Waals surface area contributed by atoms with Crippen LogP contribution in [0.4, 0.5) is 0 Å². The van der Waals surface area contributed by atoms with Crippen LogP contribution in [0.2, 0.25) is 0 Å². The first kappa shape index (κ1) is 16.1. The van der Waals surface area contributed by atoms with Gasteiger partial charge in [-0.05, 0) is 26.7 Å². The summed E-state index contributed by atoms with van der Waals surface area (Å²) in [6.45, 7) is 10.5. The summed E-state index contributed by atoms with van der Waals surface area (Å²) in [5.74, 6) is -0.987. The van der Waals surface area contributed by atoms with Gasteiger partial charge in [0.25, 0.3) is 11.7 Å². The van der Waals surface area contributed by atoms with E-state index in [0.717, 1.165) is 0 Å². The quantitative estimate of drug-likeness (QED) is 0.841. The molecule has 0 aliphatic heterocycles. The van der Waals surface area contributed by atoms with Crippen molar-refractivity contribution >= 4 is 11.9 Å². The van der Waals surface area contributed by atoms with Crippen LogP contribution >= 0.6 is 0 Å². The molecule has 0 fully saturated rings. The number of hydrogen-bond donors (Lipinski definition) is 1. The maximum absolute atomic E-state index is 12.1. The molecule has 0 saturated heterocycles. The van der Waals surface area contributed by atoms with Crippen LogP contribution in [0.5, 0.6) is 0 Å². The van der Waals surface area contributed by atoms with E-state index in [1.807, 2.05) is 13.8 Å². The molecular formula is C13H21N3O4. The van der Waals surface area contributed by atoms with Crippen LogP contribution in [0.1, 0.15) is 51.1 Å². The molecule has 7 heteroatoms. The van der Waals surface area contributed by atoms with E-state index in [4.69, 9.17) is 9.26 Å². The van der Waals surface area contributed by atoms with E-state index in [-0.39, 0.29) is 17.6 Å². The minimum atomic E-state index is -0.763. The summed E-state index contributed by atoms with van der Waals surface area (Å²) in [6, 6.07) is -0.763. The maximum Gasteiger partial charge on any atom is 0.329 e. The second kappa shape index (κ2) is 6.02. The van der Waals surface area contributed by atoms with Crippen molar-refractivity contribution in [1.29, 1.82) is 0 Å². The molecule has 0 aliphatic carbocycles. The molecule has 0 spiro atoms. The average Bonchev–Trinajstić information content (AvgIpc) is 2.69. The lowest BCUT2D eigenvalue weighted by atomic mass is 10.0. The lowest BCUT2D eigenvalue weighted by molar-refractivity contribution is -0.158. The highest BCUT2D eigenvalue weighted by Crippen LogP contribution is 2.12. The average molecular weight is 283 g/mol. The van der Waals surface area contributed by atoms with Crippen LogP contribution in [0, 0.1) is 12.8 Å². The molecule has 1 atom stereocenters. The summed E-state index contributed by atoms with van der Waals surface area (Å²) in [7, 11) is 0. The number of amides is 1. The predicted octanol–water partition coefficient (Wildman–Crippen LogP) is 1.47. The monoisotopic (exact) mass is 283 g/mol. The molecule has 1 N–H and O–H groups in total. The van der Waals surface area contributed by atoms with Crippen LogP contribution in [-0.4, -0.2) is 33.7 Å². The van der Waals surface area contributed by atoms with Gasteiger partial charge in [0.05, 0.1) is 0 Å². The number of esters is 1. The van der Waals surface area contributed by atoms with Gasteiger partial charge in [0.15, 0.2) is 0 Å². The van der Waals surface area contributed by atoms with Gasteiger partial charge >= 0.3 is 5.97 Å². The van der Waals surface area contributed by atoms with Crippen LogP contribution in [-0.2, 0) is 9.53 Å². The van der Waals surface area contributed by atoms with Crippen molar-refractivity contribution in [2.24, 2.45) is 5.92 Å². The topological polar surface area (TPSA) is 94.3 Å². The molecule has 0 unspecified atom stereocenters. The zero-order valence-corrected chi connectivity index (χ0v) is 12.7. The minimum absolute atomic E-state index is 0.100. The zero-order chi connectivity index (χ0) is 15.5. The third-order valence-corrected chi connectivity index (χ3v) is 2.34. The number of carbonyl (C=O) groups excluding carboxylic acids is 2. The number of carbonyl (C=O) groups is 2. The molecule has 1 heterocycles. The van der Waals surface area contributed by atoms with E-state index in [1.165, 1.54) is 0 Å². The number of rotatable bonds is 4. The van der Waals surface area contributed by atoms with Crippen molar-refractivity contribution in [3.63, 3.8) is 0 Å². The Kier molecular flexibility index (Phi) is 4.86. The Bertz CT molecular complexity index is 488. The molecule has 1 amide bonds. The van der Waals surface area contributed by atoms with Crippen molar-refractivity contribution in [2.45, 2.75) is 53.2 Å². The molecule has 20 heavy (non-hydrogen) atoms. The summed E-state index contributed by atoms with van der Waals surface area (Å²) < 4.78 is 10.0. The Balaban J connectivity index is 2.77. The first-order valence-corrected chi connectivity index (χ1v) is 6.44. The van der Waals surface area contributed by atoms with Gasteiger partial charge in [0.1, 0.15) is 11.6 Å². The van der Waals surface area contributed by atoms with E-state index in [1.54, 1.807) is 27.7 Å². The predicted molar refractivity (Wildman–Crippen MR) is 71.0 cm³/mol. The van der Waals surface area contributed by atoms with Crippen molar-refractivity contribution < 1.29 is 18.8 Å². The Morgan fingerprint density at radius 2 is 1.90 bits per heavy atom. The van der Waals surface area contributed by atoms with Gasteiger partial charge in [0.2, 0.25) is 5.89 Å². The number of hydrogen-bond acceptors (Lipinski definition) is 6. The van der Waals surface area contributed by atoms with E-state index >= 15 is 0 Å². The smallest absolute Gasteiger partial charge is 0.329 e. The Morgan fingerprint density at radius 3 is 2.30 bits per heavy atom. The molecule has 0 bridgehead atoms. The maximum atomic E-state index is 12.1. The van der Waals surface area contributed by atoms with Crippen molar-refractivity contribution in [2.75, 3.05) is 0 Å².